The first-order valence-corrected chi connectivity index (χ1v) is 11.0. The quantitative estimate of drug-likeness (QED) is 0.372. The highest BCUT2D eigenvalue weighted by atomic mass is 19.1. The van der Waals surface area contributed by atoms with E-state index in [0.717, 1.165) is 28.2 Å². The fourth-order valence-corrected chi connectivity index (χ4v) is 4.36. The molecule has 0 aliphatic carbocycles. The van der Waals surface area contributed by atoms with Gasteiger partial charge in [-0.25, -0.2) is 14.2 Å². The number of hydrogen-bond donors (Lipinski definition) is 1. The first kappa shape index (κ1) is 22.3. The number of amides is 1. The van der Waals surface area contributed by atoms with Crippen molar-refractivity contribution in [1.82, 2.24) is 9.55 Å². The van der Waals surface area contributed by atoms with Gasteiger partial charge in [0, 0.05) is 24.4 Å². The molecule has 0 saturated heterocycles. The van der Waals surface area contributed by atoms with Crippen LogP contribution in [-0.2, 0) is 13.0 Å². The molecule has 5 rings (SSSR count). The average Bonchev–Trinajstić information content (AvgIpc) is 3.14. The molecule has 0 atom stereocenters. The molecule has 2 N–H and O–H groups in total. The van der Waals surface area contributed by atoms with Crippen LogP contribution in [-0.4, -0.2) is 22.6 Å². The Balaban J connectivity index is 1.71. The minimum Gasteiger partial charge on any atom is -0.497 e. The molecule has 0 fully saturated rings. The summed E-state index contributed by atoms with van der Waals surface area (Å²) in [6, 6.07) is 17.6. The normalized spacial score (nSPS) is 11.3. The highest BCUT2D eigenvalue weighted by molar-refractivity contribution is 6.01. The molecule has 3 aromatic carbocycles. The number of carbonyl (C=O) groups excluding carboxylic acids is 1. The van der Waals surface area contributed by atoms with Gasteiger partial charge >= 0.3 is 5.63 Å². The number of primary amides is 1. The Morgan fingerprint density at radius 2 is 1.89 bits per heavy atom. The molecule has 0 unspecified atom stereocenters. The summed E-state index contributed by atoms with van der Waals surface area (Å²) in [7, 11) is 1.61. The number of aromatic nitrogens is 2. The van der Waals surface area contributed by atoms with Gasteiger partial charge in [0.15, 0.2) is 0 Å². The Kier molecular flexibility index (Phi) is 5.56. The molecular weight excluding hydrogens is 449 g/mol. The number of nitrogens with two attached hydrogens (primary N) is 1. The molecule has 2 aromatic heterocycles. The zero-order chi connectivity index (χ0) is 24.7. The number of methoxy groups -OCH3 is 1. The number of imidazole rings is 1. The van der Waals surface area contributed by atoms with Gasteiger partial charge in [0.2, 0.25) is 0 Å². The third-order valence-corrected chi connectivity index (χ3v) is 6.11. The highest BCUT2D eigenvalue weighted by Crippen LogP contribution is 2.28. The number of hydrogen-bond acceptors (Lipinski definition) is 5. The van der Waals surface area contributed by atoms with Gasteiger partial charge in [0.05, 0.1) is 18.1 Å². The van der Waals surface area contributed by atoms with Gasteiger partial charge in [-0.3, -0.25) is 4.79 Å². The van der Waals surface area contributed by atoms with Crippen LogP contribution in [0.1, 0.15) is 32.9 Å². The van der Waals surface area contributed by atoms with Crippen molar-refractivity contribution in [3.05, 3.63) is 105 Å². The summed E-state index contributed by atoms with van der Waals surface area (Å²) in [5.74, 6) is 0.341. The van der Waals surface area contributed by atoms with Crippen LogP contribution in [0.4, 0.5) is 4.39 Å². The van der Waals surface area contributed by atoms with Crippen molar-refractivity contribution in [2.24, 2.45) is 5.73 Å². The zero-order valence-corrected chi connectivity index (χ0v) is 19.2. The molecular formula is C27H22FN3O4. The van der Waals surface area contributed by atoms with Gasteiger partial charge in [-0.2, -0.15) is 0 Å². The summed E-state index contributed by atoms with van der Waals surface area (Å²) in [6.45, 7) is 2.03. The molecule has 176 valence electrons. The number of benzene rings is 3. The van der Waals surface area contributed by atoms with Gasteiger partial charge in [0.1, 0.15) is 28.5 Å². The lowest BCUT2D eigenvalue weighted by atomic mass is 10.1. The SMILES string of the molecule is COc1ccc(Cc2nc3cc4c(C)c(C(N)=O)c(=O)oc4cc3n2Cc2cccc(F)c2)cc1. The Labute approximate surface area is 199 Å². The summed E-state index contributed by atoms with van der Waals surface area (Å²) < 4.78 is 26.6. The number of ether oxygens (including phenoxy) is 1. The van der Waals surface area contributed by atoms with E-state index in [1.165, 1.54) is 12.1 Å². The van der Waals surface area contributed by atoms with Crippen LogP contribution in [0.15, 0.2) is 69.9 Å². The summed E-state index contributed by atoms with van der Waals surface area (Å²) in [6.07, 6.45) is 0.514. The van der Waals surface area contributed by atoms with Gasteiger partial charge in [-0.05, 0) is 53.9 Å². The predicted molar refractivity (Wildman–Crippen MR) is 130 cm³/mol. The van der Waals surface area contributed by atoms with Crippen molar-refractivity contribution < 1.29 is 18.3 Å². The maximum Gasteiger partial charge on any atom is 0.349 e. The highest BCUT2D eigenvalue weighted by Gasteiger charge is 2.19. The van der Waals surface area contributed by atoms with Gasteiger partial charge < -0.3 is 19.5 Å². The van der Waals surface area contributed by atoms with Crippen molar-refractivity contribution in [2.45, 2.75) is 19.9 Å². The lowest BCUT2D eigenvalue weighted by Gasteiger charge is -2.11. The van der Waals surface area contributed by atoms with Gasteiger partial charge in [-0.1, -0.05) is 24.3 Å². The second-order valence-electron chi connectivity index (χ2n) is 8.36. The average molecular weight is 471 g/mol. The van der Waals surface area contributed by atoms with Crippen LogP contribution >= 0.6 is 0 Å². The fourth-order valence-electron chi connectivity index (χ4n) is 4.36. The second-order valence-corrected chi connectivity index (χ2v) is 8.36. The molecule has 0 radical (unpaired) electrons. The van der Waals surface area contributed by atoms with E-state index in [0.29, 0.717) is 35.0 Å². The van der Waals surface area contributed by atoms with Crippen molar-refractivity contribution in [3.63, 3.8) is 0 Å². The standard InChI is InChI=1S/C27H22FN3O4/c1-15-20-12-21-22(13-23(20)35-27(33)25(15)26(29)32)31(14-17-4-3-5-18(28)10-17)24(30-21)11-16-6-8-19(34-2)9-7-16/h3-10,12-13H,11,14H2,1-2H3,(H2,29,32). The number of rotatable bonds is 6. The summed E-state index contributed by atoms with van der Waals surface area (Å²) in [5, 5.41) is 0.581. The van der Waals surface area contributed by atoms with E-state index in [1.807, 2.05) is 34.9 Å². The first-order valence-electron chi connectivity index (χ1n) is 11.0. The van der Waals surface area contributed by atoms with E-state index in [9.17, 15) is 14.0 Å². The largest absolute Gasteiger partial charge is 0.497 e. The minimum absolute atomic E-state index is 0.172. The Morgan fingerprint density at radius 3 is 2.57 bits per heavy atom. The number of aryl methyl sites for hydroxylation is 1. The lowest BCUT2D eigenvalue weighted by molar-refractivity contribution is 0.0996. The molecule has 1 amide bonds. The van der Waals surface area contributed by atoms with Crippen molar-refractivity contribution in [1.29, 1.82) is 0 Å². The Morgan fingerprint density at radius 1 is 1.11 bits per heavy atom. The number of fused-ring (bicyclic) bond motifs is 2. The van der Waals surface area contributed by atoms with E-state index in [2.05, 4.69) is 0 Å². The maximum atomic E-state index is 13.9. The summed E-state index contributed by atoms with van der Waals surface area (Å²) in [4.78, 5) is 29.1. The van der Waals surface area contributed by atoms with Crippen molar-refractivity contribution in [3.8, 4) is 5.75 Å². The number of halogens is 1. The van der Waals surface area contributed by atoms with E-state index in [4.69, 9.17) is 19.9 Å². The Bertz CT molecular complexity index is 1650. The molecule has 0 aliphatic heterocycles. The number of carbonyl (C=O) groups is 1. The molecule has 35 heavy (non-hydrogen) atoms. The van der Waals surface area contributed by atoms with Crippen LogP contribution in [0.5, 0.6) is 5.75 Å². The van der Waals surface area contributed by atoms with Gasteiger partial charge in [0.25, 0.3) is 5.91 Å². The minimum atomic E-state index is -0.838. The van der Waals surface area contributed by atoms with Crippen molar-refractivity contribution >= 4 is 27.9 Å². The second kappa shape index (κ2) is 8.72. The zero-order valence-electron chi connectivity index (χ0n) is 19.2. The van der Waals surface area contributed by atoms with Crippen LogP contribution in [0.3, 0.4) is 0 Å². The molecule has 7 nitrogen and oxygen atoms in total. The smallest absolute Gasteiger partial charge is 0.349 e. The van der Waals surface area contributed by atoms with Crippen LogP contribution < -0.4 is 16.1 Å². The van der Waals surface area contributed by atoms with E-state index in [1.54, 1.807) is 32.2 Å². The first-order chi connectivity index (χ1) is 16.8. The molecule has 2 heterocycles. The maximum absolute atomic E-state index is 13.9. The van der Waals surface area contributed by atoms with Gasteiger partial charge in [-0.15, -0.1) is 0 Å². The number of nitrogens with zero attached hydrogens (tertiary/aromatic N) is 2. The van der Waals surface area contributed by atoms with Crippen LogP contribution in [0, 0.1) is 12.7 Å². The molecule has 0 bridgehead atoms. The predicted octanol–water partition coefficient (Wildman–Crippen LogP) is 4.34. The van der Waals surface area contributed by atoms with Crippen molar-refractivity contribution in [2.75, 3.05) is 7.11 Å². The van der Waals surface area contributed by atoms with E-state index < -0.39 is 11.5 Å². The molecule has 0 saturated carbocycles. The molecule has 8 heteroatoms. The van der Waals surface area contributed by atoms with Crippen LogP contribution in [0.25, 0.3) is 22.0 Å². The third kappa shape index (κ3) is 4.14. The summed E-state index contributed by atoms with van der Waals surface area (Å²) >= 11 is 0. The third-order valence-electron chi connectivity index (χ3n) is 6.11. The monoisotopic (exact) mass is 471 g/mol. The topological polar surface area (TPSA) is 100 Å². The molecule has 0 spiro atoms. The molecule has 5 aromatic rings. The Hall–Kier alpha value is -4.46. The van der Waals surface area contributed by atoms with E-state index >= 15 is 0 Å². The fraction of sp³-hybridized carbons (Fsp3) is 0.148. The summed E-state index contributed by atoms with van der Waals surface area (Å²) in [5.41, 5.74) is 8.37. The lowest BCUT2D eigenvalue weighted by Crippen LogP contribution is -2.22. The molecule has 0 aliphatic rings. The van der Waals surface area contributed by atoms with Crippen LogP contribution in [0.2, 0.25) is 0 Å². The van der Waals surface area contributed by atoms with E-state index in [-0.39, 0.29) is 11.4 Å².